The van der Waals surface area contributed by atoms with Gasteiger partial charge in [-0.1, -0.05) is 0 Å². The van der Waals surface area contributed by atoms with Crippen molar-refractivity contribution in [2.75, 3.05) is 11.9 Å². The fourth-order valence-corrected chi connectivity index (χ4v) is 2.35. The van der Waals surface area contributed by atoms with Crippen molar-refractivity contribution in [1.29, 1.82) is 0 Å². The van der Waals surface area contributed by atoms with Crippen LogP contribution in [0.3, 0.4) is 0 Å². The summed E-state index contributed by atoms with van der Waals surface area (Å²) in [7, 11) is 0. The van der Waals surface area contributed by atoms with Crippen LogP contribution >= 0.6 is 0 Å². The summed E-state index contributed by atoms with van der Waals surface area (Å²) in [6, 6.07) is 7.11. The van der Waals surface area contributed by atoms with Crippen molar-refractivity contribution in [2.24, 2.45) is 0 Å². The number of carbonyl (C=O) groups is 3. The number of nitrogens with one attached hydrogen (secondary N) is 1. The standard InChI is InChI=1S/C15H15N5O3/c21-13(7-8-19-14(22)5-6-15(19)23)18-11-1-3-12(4-2-11)20-10-16-9-17-20/h1-4,9-10H,5-8H2,(H,18,21). The van der Waals surface area contributed by atoms with Crippen LogP contribution in [0.2, 0.25) is 0 Å². The van der Waals surface area contributed by atoms with Gasteiger partial charge in [0.05, 0.1) is 5.69 Å². The minimum absolute atomic E-state index is 0.0856. The average molecular weight is 313 g/mol. The first-order valence-electron chi connectivity index (χ1n) is 7.21. The molecule has 3 amide bonds. The number of aromatic nitrogens is 3. The van der Waals surface area contributed by atoms with Crippen molar-refractivity contribution in [3.63, 3.8) is 0 Å². The molecule has 8 nitrogen and oxygen atoms in total. The van der Waals surface area contributed by atoms with Gasteiger partial charge in [-0.3, -0.25) is 19.3 Å². The zero-order valence-corrected chi connectivity index (χ0v) is 12.3. The Morgan fingerprint density at radius 2 is 1.83 bits per heavy atom. The third-order valence-corrected chi connectivity index (χ3v) is 3.55. The highest BCUT2D eigenvalue weighted by molar-refractivity contribution is 6.02. The van der Waals surface area contributed by atoms with Crippen molar-refractivity contribution in [1.82, 2.24) is 19.7 Å². The summed E-state index contributed by atoms with van der Waals surface area (Å²) in [5, 5.41) is 6.75. The number of nitrogens with zero attached hydrogens (tertiary/aromatic N) is 4. The molecule has 1 N–H and O–H groups in total. The van der Waals surface area contributed by atoms with Crippen LogP contribution in [0.5, 0.6) is 0 Å². The molecule has 0 saturated carbocycles. The number of carbonyl (C=O) groups excluding carboxylic acids is 3. The van der Waals surface area contributed by atoms with Gasteiger partial charge in [-0.2, -0.15) is 5.10 Å². The second-order valence-electron chi connectivity index (χ2n) is 5.12. The van der Waals surface area contributed by atoms with Gasteiger partial charge in [0.15, 0.2) is 0 Å². The van der Waals surface area contributed by atoms with Gasteiger partial charge in [0.25, 0.3) is 0 Å². The fourth-order valence-electron chi connectivity index (χ4n) is 2.35. The molecule has 2 aromatic rings. The first-order chi connectivity index (χ1) is 11.1. The summed E-state index contributed by atoms with van der Waals surface area (Å²) in [5.41, 5.74) is 1.46. The Labute approximate surface area is 132 Å². The van der Waals surface area contributed by atoms with Crippen LogP contribution in [0.4, 0.5) is 5.69 Å². The maximum Gasteiger partial charge on any atom is 0.229 e. The van der Waals surface area contributed by atoms with E-state index in [0.717, 1.165) is 10.6 Å². The summed E-state index contributed by atoms with van der Waals surface area (Å²) in [6.07, 6.45) is 3.59. The number of hydrogen-bond acceptors (Lipinski definition) is 5. The van der Waals surface area contributed by atoms with Gasteiger partial charge in [0.1, 0.15) is 12.7 Å². The molecule has 1 aliphatic rings. The van der Waals surface area contributed by atoms with Crippen LogP contribution in [0, 0.1) is 0 Å². The largest absolute Gasteiger partial charge is 0.326 e. The number of hydrogen-bond donors (Lipinski definition) is 1. The van der Waals surface area contributed by atoms with Crippen LogP contribution in [-0.2, 0) is 14.4 Å². The van der Waals surface area contributed by atoms with Gasteiger partial charge in [0, 0.05) is 31.5 Å². The van der Waals surface area contributed by atoms with Gasteiger partial charge < -0.3 is 5.32 Å². The van der Waals surface area contributed by atoms with Gasteiger partial charge >= 0.3 is 0 Å². The Kier molecular flexibility index (Phi) is 4.13. The summed E-state index contributed by atoms with van der Waals surface area (Å²) in [5.74, 6) is -0.661. The molecule has 118 valence electrons. The van der Waals surface area contributed by atoms with Crippen LogP contribution in [0.15, 0.2) is 36.9 Å². The van der Waals surface area contributed by atoms with Crippen LogP contribution in [-0.4, -0.2) is 43.9 Å². The van der Waals surface area contributed by atoms with Gasteiger partial charge in [0.2, 0.25) is 17.7 Å². The SMILES string of the molecule is O=C(CCN1C(=O)CCC1=O)Nc1ccc(-n2cncn2)cc1. The molecular weight excluding hydrogens is 298 g/mol. The third-order valence-electron chi connectivity index (χ3n) is 3.55. The Morgan fingerprint density at radius 1 is 1.13 bits per heavy atom. The number of rotatable bonds is 5. The van der Waals surface area contributed by atoms with E-state index in [9.17, 15) is 14.4 Å². The molecule has 1 saturated heterocycles. The average Bonchev–Trinajstić information content (AvgIpc) is 3.17. The molecule has 8 heteroatoms. The molecule has 0 atom stereocenters. The maximum absolute atomic E-state index is 11.9. The molecule has 1 aromatic heterocycles. The van der Waals surface area contributed by atoms with E-state index in [0.29, 0.717) is 5.69 Å². The van der Waals surface area contributed by atoms with Gasteiger partial charge in [-0.15, -0.1) is 0 Å². The molecule has 0 bridgehead atoms. The van der Waals surface area contributed by atoms with Gasteiger partial charge in [-0.25, -0.2) is 9.67 Å². The van der Waals surface area contributed by atoms with Crippen molar-refractivity contribution < 1.29 is 14.4 Å². The van der Waals surface area contributed by atoms with Crippen molar-refractivity contribution in [2.45, 2.75) is 19.3 Å². The van der Waals surface area contributed by atoms with E-state index >= 15 is 0 Å². The van der Waals surface area contributed by atoms with E-state index in [-0.39, 0.29) is 43.5 Å². The van der Waals surface area contributed by atoms with Crippen molar-refractivity contribution in [3.05, 3.63) is 36.9 Å². The highest BCUT2D eigenvalue weighted by atomic mass is 16.2. The predicted octanol–water partition coefficient (Wildman–Crippen LogP) is 0.745. The molecular formula is C15H15N5O3. The molecule has 0 radical (unpaired) electrons. The second-order valence-corrected chi connectivity index (χ2v) is 5.12. The molecule has 3 rings (SSSR count). The first kappa shape index (κ1) is 14.9. The van der Waals surface area contributed by atoms with E-state index < -0.39 is 0 Å². The summed E-state index contributed by atoms with van der Waals surface area (Å²) >= 11 is 0. The maximum atomic E-state index is 11.9. The number of amides is 3. The quantitative estimate of drug-likeness (QED) is 0.821. The highest BCUT2D eigenvalue weighted by Gasteiger charge is 2.28. The van der Waals surface area contributed by atoms with E-state index in [1.165, 1.54) is 6.33 Å². The van der Waals surface area contributed by atoms with Crippen molar-refractivity contribution >= 4 is 23.4 Å². The van der Waals surface area contributed by atoms with Crippen LogP contribution in [0.25, 0.3) is 5.69 Å². The van der Waals surface area contributed by atoms with Crippen LogP contribution in [0.1, 0.15) is 19.3 Å². The summed E-state index contributed by atoms with van der Waals surface area (Å²) in [6.45, 7) is 0.126. The van der Waals surface area contributed by atoms with Crippen LogP contribution < -0.4 is 5.32 Å². The van der Waals surface area contributed by atoms with E-state index in [4.69, 9.17) is 0 Å². The van der Waals surface area contributed by atoms with Crippen molar-refractivity contribution in [3.8, 4) is 5.69 Å². The summed E-state index contributed by atoms with van der Waals surface area (Å²) in [4.78, 5) is 39.9. The lowest BCUT2D eigenvalue weighted by molar-refractivity contribution is -0.138. The monoisotopic (exact) mass is 313 g/mol. The Morgan fingerprint density at radius 3 is 2.43 bits per heavy atom. The molecule has 1 aromatic carbocycles. The Bertz CT molecular complexity index is 708. The Balaban J connectivity index is 1.54. The molecule has 1 fully saturated rings. The normalized spacial score (nSPS) is 14.3. The highest BCUT2D eigenvalue weighted by Crippen LogP contribution is 2.14. The van der Waals surface area contributed by atoms with E-state index in [1.807, 2.05) is 0 Å². The molecule has 2 heterocycles. The minimum atomic E-state index is -0.244. The zero-order valence-electron chi connectivity index (χ0n) is 12.3. The summed E-state index contributed by atoms with van der Waals surface area (Å²) < 4.78 is 1.61. The smallest absolute Gasteiger partial charge is 0.229 e. The molecule has 23 heavy (non-hydrogen) atoms. The fraction of sp³-hybridized carbons (Fsp3) is 0.267. The van der Waals surface area contributed by atoms with E-state index in [2.05, 4.69) is 15.4 Å². The molecule has 0 aliphatic carbocycles. The predicted molar refractivity (Wildman–Crippen MR) is 80.6 cm³/mol. The van der Waals surface area contributed by atoms with Gasteiger partial charge in [-0.05, 0) is 24.3 Å². The molecule has 1 aliphatic heterocycles. The second kappa shape index (κ2) is 6.39. The number of anilines is 1. The number of imide groups is 1. The van der Waals surface area contributed by atoms with E-state index in [1.54, 1.807) is 35.3 Å². The minimum Gasteiger partial charge on any atom is -0.326 e. The lowest BCUT2D eigenvalue weighted by Gasteiger charge is -2.13. The molecule has 0 spiro atoms. The molecule has 0 unspecified atom stereocenters. The third kappa shape index (κ3) is 3.42. The lowest BCUT2D eigenvalue weighted by Crippen LogP contribution is -2.32. The zero-order chi connectivity index (χ0) is 16.2. The topological polar surface area (TPSA) is 97.2 Å². The first-order valence-corrected chi connectivity index (χ1v) is 7.21. The number of likely N-dealkylation sites (tertiary alicyclic amines) is 1. The number of benzene rings is 1. The Hall–Kier alpha value is -3.03. The lowest BCUT2D eigenvalue weighted by atomic mass is 10.2.